The molecule has 0 saturated carbocycles. The molecule has 1 rings (SSSR count). The first kappa shape index (κ1) is 16.3. The van der Waals surface area contributed by atoms with Crippen molar-refractivity contribution in [2.45, 2.75) is 24.2 Å². The molecule has 3 N–H and O–H groups in total. The van der Waals surface area contributed by atoms with Crippen LogP contribution in [0.5, 0.6) is 11.5 Å². The third kappa shape index (κ3) is 4.10. The second kappa shape index (κ2) is 6.58. The van der Waals surface area contributed by atoms with Crippen molar-refractivity contribution in [2.75, 3.05) is 14.2 Å². The van der Waals surface area contributed by atoms with Crippen LogP contribution in [0.25, 0.3) is 0 Å². The van der Waals surface area contributed by atoms with Crippen molar-refractivity contribution in [3.8, 4) is 11.5 Å². The standard InChI is InChI=1S/C12H17NO6S/c1-18-9-6-8(4-3-5-12(14)15)11(20(13,16)17)7-10(9)19-2/h6-7H,3-5H2,1-2H3,(H,14,15)(H2,13,16,17). The van der Waals surface area contributed by atoms with Gasteiger partial charge >= 0.3 is 5.97 Å². The van der Waals surface area contributed by atoms with Crippen LogP contribution in [0, 0.1) is 0 Å². The van der Waals surface area contributed by atoms with Crippen molar-refractivity contribution in [3.05, 3.63) is 17.7 Å². The maximum absolute atomic E-state index is 11.6. The van der Waals surface area contributed by atoms with E-state index in [2.05, 4.69) is 0 Å². The molecule has 1 aromatic rings. The minimum absolute atomic E-state index is 0.0571. The van der Waals surface area contributed by atoms with Crippen LogP contribution in [0.1, 0.15) is 18.4 Å². The number of aliphatic carboxylic acids is 1. The number of benzene rings is 1. The van der Waals surface area contributed by atoms with Crippen LogP contribution in [0.4, 0.5) is 0 Å². The van der Waals surface area contributed by atoms with Crippen molar-refractivity contribution in [1.82, 2.24) is 0 Å². The smallest absolute Gasteiger partial charge is 0.303 e. The van der Waals surface area contributed by atoms with E-state index in [0.29, 0.717) is 17.7 Å². The fraction of sp³-hybridized carbons (Fsp3) is 0.417. The lowest BCUT2D eigenvalue weighted by molar-refractivity contribution is -0.137. The molecule has 0 saturated heterocycles. The number of ether oxygens (including phenoxy) is 2. The fourth-order valence-corrected chi connectivity index (χ4v) is 2.59. The number of primary sulfonamides is 1. The Kier molecular flexibility index (Phi) is 5.34. The molecule has 0 aromatic heterocycles. The van der Waals surface area contributed by atoms with Gasteiger partial charge in [-0.2, -0.15) is 0 Å². The largest absolute Gasteiger partial charge is 0.493 e. The first-order valence-electron chi connectivity index (χ1n) is 5.79. The zero-order valence-electron chi connectivity index (χ0n) is 11.3. The van der Waals surface area contributed by atoms with Gasteiger partial charge < -0.3 is 14.6 Å². The highest BCUT2D eigenvalue weighted by atomic mass is 32.2. The van der Waals surface area contributed by atoms with Crippen LogP contribution >= 0.6 is 0 Å². The average molecular weight is 303 g/mol. The molecule has 0 unspecified atom stereocenters. The molecule has 0 atom stereocenters. The second-order valence-electron chi connectivity index (χ2n) is 4.11. The molecule has 0 aliphatic carbocycles. The molecule has 7 nitrogen and oxygen atoms in total. The minimum atomic E-state index is -3.92. The van der Waals surface area contributed by atoms with Gasteiger partial charge in [0.25, 0.3) is 0 Å². The topological polar surface area (TPSA) is 116 Å². The number of hydrogen-bond donors (Lipinski definition) is 2. The third-order valence-electron chi connectivity index (χ3n) is 2.71. The van der Waals surface area contributed by atoms with Gasteiger partial charge in [0.05, 0.1) is 19.1 Å². The van der Waals surface area contributed by atoms with Gasteiger partial charge in [-0.05, 0) is 24.5 Å². The van der Waals surface area contributed by atoms with Crippen LogP contribution in [0.2, 0.25) is 0 Å². The quantitative estimate of drug-likeness (QED) is 0.768. The Bertz CT molecular complexity index is 596. The predicted octanol–water partition coefficient (Wildman–Crippen LogP) is 0.758. The minimum Gasteiger partial charge on any atom is -0.493 e. The number of rotatable bonds is 7. The van der Waals surface area contributed by atoms with E-state index in [1.807, 2.05) is 0 Å². The van der Waals surface area contributed by atoms with E-state index in [0.717, 1.165) is 0 Å². The molecular formula is C12H17NO6S. The predicted molar refractivity (Wildman–Crippen MR) is 71.5 cm³/mol. The molecule has 0 heterocycles. The highest BCUT2D eigenvalue weighted by Crippen LogP contribution is 2.33. The van der Waals surface area contributed by atoms with E-state index in [1.165, 1.54) is 26.4 Å². The van der Waals surface area contributed by atoms with E-state index in [9.17, 15) is 13.2 Å². The monoisotopic (exact) mass is 303 g/mol. The zero-order valence-corrected chi connectivity index (χ0v) is 12.1. The number of methoxy groups -OCH3 is 2. The lowest BCUT2D eigenvalue weighted by Crippen LogP contribution is -2.15. The van der Waals surface area contributed by atoms with Crippen molar-refractivity contribution >= 4 is 16.0 Å². The Morgan fingerprint density at radius 3 is 2.25 bits per heavy atom. The van der Waals surface area contributed by atoms with Gasteiger partial charge in [-0.1, -0.05) is 0 Å². The third-order valence-corrected chi connectivity index (χ3v) is 3.70. The van der Waals surface area contributed by atoms with E-state index in [-0.39, 0.29) is 23.5 Å². The molecule has 0 radical (unpaired) electrons. The van der Waals surface area contributed by atoms with Crippen molar-refractivity contribution in [1.29, 1.82) is 0 Å². The molecule has 0 fully saturated rings. The summed E-state index contributed by atoms with van der Waals surface area (Å²) in [5.74, 6) is -0.327. The molecule has 112 valence electrons. The number of aryl methyl sites for hydroxylation is 1. The number of hydrogen-bond acceptors (Lipinski definition) is 5. The Hall–Kier alpha value is -1.80. The van der Waals surface area contributed by atoms with Gasteiger partial charge in [0.1, 0.15) is 0 Å². The number of carboxylic acid groups (broad SMARTS) is 1. The summed E-state index contributed by atoms with van der Waals surface area (Å²) in [4.78, 5) is 10.4. The Morgan fingerprint density at radius 1 is 1.25 bits per heavy atom. The molecule has 20 heavy (non-hydrogen) atoms. The summed E-state index contributed by atoms with van der Waals surface area (Å²) in [5, 5.41) is 13.8. The number of sulfonamides is 1. The van der Waals surface area contributed by atoms with Crippen LogP contribution < -0.4 is 14.6 Å². The van der Waals surface area contributed by atoms with Crippen LogP contribution in [-0.2, 0) is 21.2 Å². The normalized spacial score (nSPS) is 11.2. The summed E-state index contributed by atoms with van der Waals surface area (Å²) >= 11 is 0. The first-order valence-corrected chi connectivity index (χ1v) is 7.33. The SMILES string of the molecule is COc1cc(CCCC(=O)O)c(S(N)(=O)=O)cc1OC. The molecule has 1 aromatic carbocycles. The zero-order chi connectivity index (χ0) is 15.3. The van der Waals surface area contributed by atoms with Gasteiger partial charge in [-0.15, -0.1) is 0 Å². The maximum atomic E-state index is 11.6. The van der Waals surface area contributed by atoms with Gasteiger partial charge in [0, 0.05) is 12.5 Å². The lowest BCUT2D eigenvalue weighted by atomic mass is 10.1. The molecular weight excluding hydrogens is 286 g/mol. The summed E-state index contributed by atoms with van der Waals surface area (Å²) in [6.07, 6.45) is 0.504. The second-order valence-corrected chi connectivity index (χ2v) is 5.64. The molecule has 0 spiro atoms. The lowest BCUT2D eigenvalue weighted by Gasteiger charge is -2.13. The van der Waals surface area contributed by atoms with Gasteiger partial charge in [-0.25, -0.2) is 13.6 Å². The summed E-state index contributed by atoms with van der Waals surface area (Å²) in [6, 6.07) is 2.78. The number of nitrogens with two attached hydrogens (primary N) is 1. The Labute approximate surface area is 117 Å². The van der Waals surface area contributed by atoms with Gasteiger partial charge in [-0.3, -0.25) is 4.79 Å². The Morgan fingerprint density at radius 2 is 1.80 bits per heavy atom. The molecule has 0 amide bonds. The molecule has 0 aliphatic rings. The summed E-state index contributed by atoms with van der Waals surface area (Å²) < 4.78 is 33.3. The first-order chi connectivity index (χ1) is 9.29. The highest BCUT2D eigenvalue weighted by Gasteiger charge is 2.18. The Balaban J connectivity index is 3.21. The van der Waals surface area contributed by atoms with Crippen molar-refractivity contribution < 1.29 is 27.8 Å². The fourth-order valence-electron chi connectivity index (χ4n) is 1.79. The van der Waals surface area contributed by atoms with E-state index in [1.54, 1.807) is 0 Å². The van der Waals surface area contributed by atoms with E-state index < -0.39 is 16.0 Å². The van der Waals surface area contributed by atoms with Crippen molar-refractivity contribution in [2.24, 2.45) is 5.14 Å². The number of carboxylic acids is 1. The van der Waals surface area contributed by atoms with E-state index >= 15 is 0 Å². The number of carbonyl (C=O) groups is 1. The summed E-state index contributed by atoms with van der Waals surface area (Å²) in [6.45, 7) is 0. The van der Waals surface area contributed by atoms with Gasteiger partial charge in [0.2, 0.25) is 10.0 Å². The highest BCUT2D eigenvalue weighted by molar-refractivity contribution is 7.89. The van der Waals surface area contributed by atoms with Crippen LogP contribution in [0.3, 0.4) is 0 Å². The van der Waals surface area contributed by atoms with Crippen LogP contribution in [0.15, 0.2) is 17.0 Å². The summed E-state index contributed by atoms with van der Waals surface area (Å²) in [5.41, 5.74) is 0.409. The van der Waals surface area contributed by atoms with E-state index in [4.69, 9.17) is 19.7 Å². The van der Waals surface area contributed by atoms with Gasteiger partial charge in [0.15, 0.2) is 11.5 Å². The maximum Gasteiger partial charge on any atom is 0.303 e. The molecule has 0 bridgehead atoms. The average Bonchev–Trinajstić information content (AvgIpc) is 2.36. The summed E-state index contributed by atoms with van der Waals surface area (Å²) in [7, 11) is -1.11. The molecule has 8 heteroatoms. The van der Waals surface area contributed by atoms with Crippen molar-refractivity contribution in [3.63, 3.8) is 0 Å². The van der Waals surface area contributed by atoms with Crippen LogP contribution in [-0.4, -0.2) is 33.7 Å². The molecule has 0 aliphatic heterocycles.